The zero-order valence-electron chi connectivity index (χ0n) is 10.9. The Bertz CT molecular complexity index is 397. The maximum atomic E-state index is 4.50. The predicted octanol–water partition coefficient (Wildman–Crippen LogP) is 2.85. The van der Waals surface area contributed by atoms with Crippen LogP contribution in [0.4, 0.5) is 0 Å². The molecular formula is C13H21N3S. The fourth-order valence-corrected chi connectivity index (χ4v) is 2.73. The fourth-order valence-electron chi connectivity index (χ4n) is 2.12. The van der Waals surface area contributed by atoms with Crippen LogP contribution in [0.5, 0.6) is 0 Å². The van der Waals surface area contributed by atoms with Crippen LogP contribution >= 0.6 is 11.7 Å². The van der Waals surface area contributed by atoms with Crippen molar-refractivity contribution < 1.29 is 0 Å². The summed E-state index contributed by atoms with van der Waals surface area (Å²) >= 11 is 1.35. The van der Waals surface area contributed by atoms with Gasteiger partial charge in [-0.3, -0.25) is 0 Å². The molecule has 1 aliphatic rings. The third-order valence-corrected chi connectivity index (χ3v) is 4.01. The Balaban J connectivity index is 2.15. The molecule has 1 atom stereocenters. The highest BCUT2D eigenvalue weighted by Crippen LogP contribution is 2.24. The van der Waals surface area contributed by atoms with Gasteiger partial charge in [-0.25, -0.2) is 0 Å². The van der Waals surface area contributed by atoms with Crippen molar-refractivity contribution in [1.82, 2.24) is 13.6 Å². The average Bonchev–Trinajstić information content (AvgIpc) is 2.77. The Hall–Kier alpha value is -0.740. The summed E-state index contributed by atoms with van der Waals surface area (Å²) in [7, 11) is 2.17. The molecule has 2 rings (SSSR count). The van der Waals surface area contributed by atoms with Crippen LogP contribution in [0, 0.1) is 5.92 Å². The van der Waals surface area contributed by atoms with Crippen molar-refractivity contribution in [3.05, 3.63) is 17.5 Å². The highest BCUT2D eigenvalue weighted by Gasteiger charge is 2.18. The smallest absolute Gasteiger partial charge is 0.104 e. The van der Waals surface area contributed by atoms with Gasteiger partial charge in [0, 0.05) is 13.1 Å². The summed E-state index contributed by atoms with van der Waals surface area (Å²) in [6.45, 7) is 6.68. The summed E-state index contributed by atoms with van der Waals surface area (Å²) in [4.78, 5) is 2.35. The second kappa shape index (κ2) is 5.74. The molecule has 0 aliphatic carbocycles. The van der Waals surface area contributed by atoms with E-state index < -0.39 is 0 Å². The second-order valence-electron chi connectivity index (χ2n) is 5.03. The lowest BCUT2D eigenvalue weighted by Gasteiger charge is -2.22. The lowest BCUT2D eigenvalue weighted by Crippen LogP contribution is -2.25. The third kappa shape index (κ3) is 3.13. The first-order valence-electron chi connectivity index (χ1n) is 6.40. The Morgan fingerprint density at radius 1 is 1.47 bits per heavy atom. The fraction of sp³-hybridized carbons (Fsp3) is 0.692. The molecule has 17 heavy (non-hydrogen) atoms. The third-order valence-electron chi connectivity index (χ3n) is 3.44. The van der Waals surface area contributed by atoms with Crippen molar-refractivity contribution in [1.29, 1.82) is 0 Å². The van der Waals surface area contributed by atoms with E-state index in [0.717, 1.165) is 31.6 Å². The molecule has 0 saturated heterocycles. The number of nitrogens with zero attached hydrogens (tertiary/aromatic N) is 3. The molecule has 0 aromatic carbocycles. The van der Waals surface area contributed by atoms with Gasteiger partial charge in [0.1, 0.15) is 5.69 Å². The zero-order valence-corrected chi connectivity index (χ0v) is 11.8. The number of likely N-dealkylation sites (N-methyl/N-ethyl adjacent to an activating group) is 1. The van der Waals surface area contributed by atoms with Crippen molar-refractivity contribution in [3.8, 4) is 0 Å². The van der Waals surface area contributed by atoms with Crippen LogP contribution in [0.25, 0.3) is 5.57 Å². The minimum Gasteiger partial charge on any atom is -0.302 e. The molecule has 94 valence electrons. The standard InChI is InChI=1S/C13H21N3S/c1-4-10(2)8-12-13(15-17-14-12)11-6-5-7-16(3)9-11/h6,10H,4-5,7-9H2,1-3H3. The maximum absolute atomic E-state index is 4.50. The number of rotatable bonds is 4. The van der Waals surface area contributed by atoms with Crippen LogP contribution in [0.15, 0.2) is 6.08 Å². The molecule has 2 heterocycles. The monoisotopic (exact) mass is 251 g/mol. The molecule has 0 bridgehead atoms. The molecule has 1 aromatic rings. The van der Waals surface area contributed by atoms with Crippen LogP contribution in [-0.4, -0.2) is 33.8 Å². The quantitative estimate of drug-likeness (QED) is 0.824. The summed E-state index contributed by atoms with van der Waals surface area (Å²) in [5, 5.41) is 0. The maximum Gasteiger partial charge on any atom is 0.104 e. The molecule has 1 aromatic heterocycles. The van der Waals surface area contributed by atoms with Crippen LogP contribution in [0.3, 0.4) is 0 Å². The van der Waals surface area contributed by atoms with Crippen molar-refractivity contribution in [3.63, 3.8) is 0 Å². The Labute approximate surface area is 108 Å². The lowest BCUT2D eigenvalue weighted by atomic mass is 9.98. The molecule has 0 radical (unpaired) electrons. The van der Waals surface area contributed by atoms with Gasteiger partial charge in [-0.05, 0) is 31.4 Å². The first kappa shape index (κ1) is 12.7. The normalized spacial score (nSPS) is 19.1. The van der Waals surface area contributed by atoms with Crippen molar-refractivity contribution in [2.24, 2.45) is 5.92 Å². The summed E-state index contributed by atoms with van der Waals surface area (Å²) in [6.07, 6.45) is 5.72. The summed E-state index contributed by atoms with van der Waals surface area (Å²) in [6, 6.07) is 0. The predicted molar refractivity (Wildman–Crippen MR) is 73.2 cm³/mol. The first-order chi connectivity index (χ1) is 8.20. The van der Waals surface area contributed by atoms with E-state index in [1.54, 1.807) is 0 Å². The second-order valence-corrected chi connectivity index (χ2v) is 5.56. The van der Waals surface area contributed by atoms with E-state index in [1.165, 1.54) is 29.4 Å². The molecule has 0 fully saturated rings. The number of hydrogen-bond acceptors (Lipinski definition) is 4. The van der Waals surface area contributed by atoms with E-state index in [0.29, 0.717) is 5.92 Å². The van der Waals surface area contributed by atoms with E-state index in [1.807, 2.05) is 0 Å². The Morgan fingerprint density at radius 2 is 2.29 bits per heavy atom. The van der Waals surface area contributed by atoms with Gasteiger partial charge in [-0.1, -0.05) is 26.3 Å². The molecular weight excluding hydrogens is 230 g/mol. The molecule has 0 N–H and O–H groups in total. The number of hydrogen-bond donors (Lipinski definition) is 0. The van der Waals surface area contributed by atoms with Gasteiger partial charge in [0.25, 0.3) is 0 Å². The lowest BCUT2D eigenvalue weighted by molar-refractivity contribution is 0.372. The van der Waals surface area contributed by atoms with Gasteiger partial charge in [0.05, 0.1) is 17.4 Å². The van der Waals surface area contributed by atoms with E-state index in [9.17, 15) is 0 Å². The van der Waals surface area contributed by atoms with E-state index in [-0.39, 0.29) is 0 Å². The minimum absolute atomic E-state index is 0.694. The van der Waals surface area contributed by atoms with E-state index >= 15 is 0 Å². The van der Waals surface area contributed by atoms with Gasteiger partial charge in [-0.2, -0.15) is 8.75 Å². The topological polar surface area (TPSA) is 29.0 Å². The highest BCUT2D eigenvalue weighted by atomic mass is 32.1. The number of aromatic nitrogens is 2. The molecule has 1 aliphatic heterocycles. The van der Waals surface area contributed by atoms with Gasteiger partial charge < -0.3 is 4.90 Å². The average molecular weight is 251 g/mol. The van der Waals surface area contributed by atoms with Gasteiger partial charge in [0.2, 0.25) is 0 Å². The largest absolute Gasteiger partial charge is 0.302 e. The molecule has 1 unspecified atom stereocenters. The summed E-state index contributed by atoms with van der Waals surface area (Å²) < 4.78 is 8.97. The zero-order chi connectivity index (χ0) is 12.3. The SMILES string of the molecule is CCC(C)Cc1nsnc1C1=CCCN(C)C1. The molecule has 4 heteroatoms. The highest BCUT2D eigenvalue weighted by molar-refractivity contribution is 6.99. The Kier molecular flexibility index (Phi) is 4.29. The van der Waals surface area contributed by atoms with Crippen LogP contribution in [-0.2, 0) is 6.42 Å². The molecule has 0 amide bonds. The van der Waals surface area contributed by atoms with Crippen LogP contribution < -0.4 is 0 Å². The van der Waals surface area contributed by atoms with E-state index in [4.69, 9.17) is 0 Å². The Morgan fingerprint density at radius 3 is 3.00 bits per heavy atom. The van der Waals surface area contributed by atoms with Crippen molar-refractivity contribution in [2.75, 3.05) is 20.1 Å². The van der Waals surface area contributed by atoms with Crippen molar-refractivity contribution in [2.45, 2.75) is 33.1 Å². The molecule has 0 saturated carbocycles. The minimum atomic E-state index is 0.694. The van der Waals surface area contributed by atoms with Crippen LogP contribution in [0.2, 0.25) is 0 Å². The molecule has 0 spiro atoms. The van der Waals surface area contributed by atoms with Gasteiger partial charge in [0.15, 0.2) is 0 Å². The summed E-state index contributed by atoms with van der Waals surface area (Å²) in [5.41, 5.74) is 3.72. The van der Waals surface area contributed by atoms with Crippen LogP contribution in [0.1, 0.15) is 38.1 Å². The molecule has 3 nitrogen and oxygen atoms in total. The van der Waals surface area contributed by atoms with Gasteiger partial charge in [-0.15, -0.1) is 0 Å². The summed E-state index contributed by atoms with van der Waals surface area (Å²) in [5.74, 6) is 0.694. The van der Waals surface area contributed by atoms with E-state index in [2.05, 4.69) is 40.6 Å². The van der Waals surface area contributed by atoms with Gasteiger partial charge >= 0.3 is 0 Å². The van der Waals surface area contributed by atoms with Crippen molar-refractivity contribution >= 4 is 17.3 Å². The first-order valence-corrected chi connectivity index (χ1v) is 7.13.